The number of carbonyl (C=O) groups excluding carboxylic acids is 1. The highest BCUT2D eigenvalue weighted by Gasteiger charge is 2.55. The highest BCUT2D eigenvalue weighted by atomic mass is 19.3. The third-order valence-corrected chi connectivity index (χ3v) is 8.32. The number of benzene rings is 2. The van der Waals surface area contributed by atoms with Crippen LogP contribution in [0.15, 0.2) is 60.9 Å². The third kappa shape index (κ3) is 7.16. The van der Waals surface area contributed by atoms with Crippen LogP contribution in [0.4, 0.5) is 19.5 Å². The van der Waals surface area contributed by atoms with Crippen molar-refractivity contribution in [3.63, 3.8) is 0 Å². The first-order valence-electron chi connectivity index (χ1n) is 15.6. The van der Waals surface area contributed by atoms with Gasteiger partial charge in [-0.1, -0.05) is 30.3 Å². The van der Waals surface area contributed by atoms with Crippen molar-refractivity contribution in [3.05, 3.63) is 72.1 Å². The Hall–Kier alpha value is -4.34. The van der Waals surface area contributed by atoms with Gasteiger partial charge in [-0.15, -0.1) is 0 Å². The second kappa shape index (κ2) is 12.2. The molecule has 2 aliphatic rings. The lowest BCUT2D eigenvalue weighted by Crippen LogP contribution is -2.47. The summed E-state index contributed by atoms with van der Waals surface area (Å²) in [5, 5.41) is 5.29. The van der Waals surface area contributed by atoms with Crippen molar-refractivity contribution in [2.75, 3.05) is 18.4 Å². The molecule has 10 heteroatoms. The number of nitrogens with zero attached hydrogens (tertiary/aromatic N) is 4. The minimum Gasteiger partial charge on any atom is -0.444 e. The van der Waals surface area contributed by atoms with E-state index in [2.05, 4.69) is 15.3 Å². The van der Waals surface area contributed by atoms with E-state index in [-0.39, 0.29) is 18.6 Å². The smallest absolute Gasteiger partial charge is 0.410 e. The van der Waals surface area contributed by atoms with E-state index in [0.717, 1.165) is 34.7 Å². The number of carbonyl (C=O) groups is 1. The van der Waals surface area contributed by atoms with E-state index in [1.165, 1.54) is 0 Å². The number of alkyl halides is 2. The normalized spacial score (nSPS) is 19.3. The summed E-state index contributed by atoms with van der Waals surface area (Å²) in [4.78, 5) is 28.2. The van der Waals surface area contributed by atoms with E-state index >= 15 is 0 Å². The summed E-state index contributed by atoms with van der Waals surface area (Å²) in [7, 11) is 0. The number of ether oxygens (including phenoxy) is 2. The van der Waals surface area contributed by atoms with Gasteiger partial charge in [-0.3, -0.25) is 0 Å². The molecule has 0 spiro atoms. The molecule has 2 atom stereocenters. The zero-order valence-corrected chi connectivity index (χ0v) is 26.1. The number of pyridine rings is 1. The number of hydrogen-bond donors (Lipinski definition) is 1. The van der Waals surface area contributed by atoms with Crippen LogP contribution in [-0.2, 0) is 11.2 Å². The monoisotopic (exact) mass is 615 g/mol. The van der Waals surface area contributed by atoms with Crippen molar-refractivity contribution in [2.24, 2.45) is 5.92 Å². The molecule has 4 aromatic rings. The minimum atomic E-state index is -2.52. The molecule has 8 nitrogen and oxygen atoms in total. The summed E-state index contributed by atoms with van der Waals surface area (Å²) < 4.78 is 39.2. The van der Waals surface area contributed by atoms with Gasteiger partial charge in [0.2, 0.25) is 11.8 Å². The van der Waals surface area contributed by atoms with Crippen LogP contribution >= 0.6 is 0 Å². The molecule has 0 bridgehead atoms. The van der Waals surface area contributed by atoms with E-state index in [1.807, 2.05) is 76.2 Å². The van der Waals surface area contributed by atoms with Crippen LogP contribution < -0.4 is 10.1 Å². The Balaban J connectivity index is 1.21. The van der Waals surface area contributed by atoms with Crippen molar-refractivity contribution in [1.29, 1.82) is 0 Å². The fourth-order valence-electron chi connectivity index (χ4n) is 5.88. The van der Waals surface area contributed by atoms with E-state index in [4.69, 9.17) is 14.5 Å². The van der Waals surface area contributed by atoms with E-state index in [0.29, 0.717) is 54.8 Å². The lowest BCUT2D eigenvalue weighted by atomic mass is 9.97. The minimum absolute atomic E-state index is 0.0147. The molecular formula is C35H39F2N5O3. The standard InChI is InChI=1S/C35H39F2N5O3/c1-22-12-15-26-23(13-14-24-20-35(24,36)37)8-5-10-27(26)30(22)44-31-28(11-6-17-38-31)29-16-18-39-32(41-29)40-25-9-7-19-42(21-25)33(43)45-34(2,3)4/h5-6,8,10-12,15-18,24-25H,7,9,13-14,19-21H2,1-4H3,(H,39,40,41)/t24?,25-/m0/s1. The first kappa shape index (κ1) is 30.7. The van der Waals surface area contributed by atoms with Crippen molar-refractivity contribution in [1.82, 2.24) is 19.9 Å². The number of aromatic nitrogens is 3. The SMILES string of the molecule is Cc1ccc2c(CCC3CC3(F)F)cccc2c1Oc1ncccc1-c1ccnc(N[C@H]2CCCN(C(=O)OC(C)(C)C)C2)n1. The van der Waals surface area contributed by atoms with Crippen LogP contribution in [0.2, 0.25) is 0 Å². The van der Waals surface area contributed by atoms with Gasteiger partial charge in [0.05, 0.1) is 11.3 Å². The second-order valence-electron chi connectivity index (χ2n) is 13.1. The molecule has 1 aliphatic carbocycles. The fourth-order valence-corrected chi connectivity index (χ4v) is 5.88. The zero-order valence-electron chi connectivity index (χ0n) is 26.1. The number of amides is 1. The summed E-state index contributed by atoms with van der Waals surface area (Å²) in [6.07, 6.45) is 5.80. The lowest BCUT2D eigenvalue weighted by molar-refractivity contribution is 0.0206. The maximum atomic E-state index is 13.5. The zero-order chi connectivity index (χ0) is 31.8. The maximum Gasteiger partial charge on any atom is 0.410 e. The molecule has 1 aliphatic heterocycles. The summed E-state index contributed by atoms with van der Waals surface area (Å²) in [6.45, 7) is 8.71. The highest BCUT2D eigenvalue weighted by molar-refractivity contribution is 5.92. The Bertz CT molecular complexity index is 1710. The molecule has 1 saturated heterocycles. The van der Waals surface area contributed by atoms with Gasteiger partial charge in [-0.05, 0) is 88.1 Å². The quantitative estimate of drug-likeness (QED) is 0.214. The van der Waals surface area contributed by atoms with Crippen LogP contribution in [0.25, 0.3) is 22.0 Å². The maximum absolute atomic E-state index is 13.5. The van der Waals surface area contributed by atoms with Crippen LogP contribution in [0.5, 0.6) is 11.6 Å². The Morgan fingerprint density at radius 1 is 1.07 bits per heavy atom. The average molecular weight is 616 g/mol. The third-order valence-electron chi connectivity index (χ3n) is 8.32. The first-order valence-corrected chi connectivity index (χ1v) is 15.6. The number of likely N-dealkylation sites (tertiary alicyclic amines) is 1. The van der Waals surface area contributed by atoms with Crippen LogP contribution in [0, 0.1) is 12.8 Å². The number of fused-ring (bicyclic) bond motifs is 1. The molecule has 2 fully saturated rings. The van der Waals surface area contributed by atoms with Gasteiger partial charge in [0.25, 0.3) is 5.92 Å². The number of piperidine rings is 1. The highest BCUT2D eigenvalue weighted by Crippen LogP contribution is 2.51. The number of rotatable bonds is 8. The molecule has 2 aromatic carbocycles. The topological polar surface area (TPSA) is 89.5 Å². The van der Waals surface area contributed by atoms with Gasteiger partial charge >= 0.3 is 6.09 Å². The predicted molar refractivity (Wildman–Crippen MR) is 170 cm³/mol. The largest absolute Gasteiger partial charge is 0.444 e. The van der Waals surface area contributed by atoms with Crippen molar-refractivity contribution in [3.8, 4) is 22.9 Å². The molecule has 0 radical (unpaired) electrons. The van der Waals surface area contributed by atoms with Crippen molar-refractivity contribution in [2.45, 2.75) is 77.4 Å². The molecule has 3 heterocycles. The predicted octanol–water partition coefficient (Wildman–Crippen LogP) is 8.19. The molecule has 2 aromatic heterocycles. The Kier molecular flexibility index (Phi) is 8.33. The first-order chi connectivity index (χ1) is 21.5. The number of anilines is 1. The van der Waals surface area contributed by atoms with E-state index in [9.17, 15) is 13.6 Å². The van der Waals surface area contributed by atoms with Gasteiger partial charge in [0, 0.05) is 49.2 Å². The molecule has 1 amide bonds. The summed E-state index contributed by atoms with van der Waals surface area (Å²) in [5.41, 5.74) is 2.74. The van der Waals surface area contributed by atoms with Crippen LogP contribution in [0.3, 0.4) is 0 Å². The molecule has 236 valence electrons. The van der Waals surface area contributed by atoms with Crippen LogP contribution in [0.1, 0.15) is 57.6 Å². The van der Waals surface area contributed by atoms with Crippen LogP contribution in [-0.4, -0.2) is 56.6 Å². The lowest BCUT2D eigenvalue weighted by Gasteiger charge is -2.34. The molecule has 1 N–H and O–H groups in total. The van der Waals surface area contributed by atoms with Gasteiger partial charge in [0.15, 0.2) is 0 Å². The molecule has 1 unspecified atom stereocenters. The Morgan fingerprint density at radius 3 is 2.67 bits per heavy atom. The number of aryl methyl sites for hydroxylation is 2. The van der Waals surface area contributed by atoms with Crippen molar-refractivity contribution >= 4 is 22.8 Å². The molecule has 45 heavy (non-hydrogen) atoms. The fraction of sp³-hybridized carbons (Fsp3) is 0.429. The average Bonchev–Trinajstić information content (AvgIpc) is 3.62. The molecule has 1 saturated carbocycles. The number of halogens is 2. The van der Waals surface area contributed by atoms with Gasteiger partial charge < -0.3 is 19.7 Å². The molecular weight excluding hydrogens is 576 g/mol. The second-order valence-corrected chi connectivity index (χ2v) is 13.1. The van der Waals surface area contributed by atoms with Crippen molar-refractivity contribution < 1.29 is 23.0 Å². The Labute approximate surface area is 262 Å². The van der Waals surface area contributed by atoms with E-state index in [1.54, 1.807) is 17.3 Å². The van der Waals surface area contributed by atoms with E-state index < -0.39 is 17.4 Å². The van der Waals surface area contributed by atoms with Gasteiger partial charge in [-0.25, -0.2) is 28.5 Å². The summed E-state index contributed by atoms with van der Waals surface area (Å²) in [5.74, 6) is -1.53. The Morgan fingerprint density at radius 2 is 1.89 bits per heavy atom. The number of nitrogens with one attached hydrogen (secondary N) is 1. The summed E-state index contributed by atoms with van der Waals surface area (Å²) >= 11 is 0. The number of hydrogen-bond acceptors (Lipinski definition) is 7. The summed E-state index contributed by atoms with van der Waals surface area (Å²) in [6, 6.07) is 15.5. The van der Waals surface area contributed by atoms with Gasteiger partial charge in [0.1, 0.15) is 11.4 Å². The van der Waals surface area contributed by atoms with Gasteiger partial charge in [-0.2, -0.15) is 0 Å². The molecule has 6 rings (SSSR count).